The van der Waals surface area contributed by atoms with Crippen LogP contribution in [0.15, 0.2) is 47.4 Å². The van der Waals surface area contributed by atoms with Gasteiger partial charge in [0, 0.05) is 25.5 Å². The summed E-state index contributed by atoms with van der Waals surface area (Å²) in [5.41, 5.74) is 1.58. The molecule has 2 N–H and O–H groups in total. The normalized spacial score (nSPS) is 12.0. The first-order chi connectivity index (χ1) is 14.2. The number of benzene rings is 1. The second-order valence-electron chi connectivity index (χ2n) is 6.51. The molecule has 0 radical (unpaired) electrons. The molecule has 9 heteroatoms. The molecule has 0 atom stereocenters. The van der Waals surface area contributed by atoms with Crippen molar-refractivity contribution in [1.29, 1.82) is 0 Å². The number of carbonyl (C=O) groups excluding carboxylic acids is 1. The Bertz CT molecular complexity index is 1070. The standard InChI is InChI=1S/C20H19N5O4/c26-19(22-11-14-3-1-2-8-21-14)7-5-15-20(27)23-18(25-24-15)10-13-4-6-16-17(9-13)29-12-28-16/h1-4,6,8-9H,5,7,10-12H2,(H,22,26)(H,23,25,27). The number of amides is 1. The van der Waals surface area contributed by atoms with E-state index in [0.717, 1.165) is 11.3 Å². The number of rotatable bonds is 7. The van der Waals surface area contributed by atoms with E-state index in [0.29, 0.717) is 30.3 Å². The van der Waals surface area contributed by atoms with Crippen molar-refractivity contribution in [3.8, 4) is 11.5 Å². The molecule has 148 valence electrons. The molecule has 4 rings (SSSR count). The number of nitrogens with zero attached hydrogens (tertiary/aromatic N) is 3. The number of pyridine rings is 1. The average molecular weight is 393 g/mol. The van der Waals surface area contributed by atoms with Crippen molar-refractivity contribution in [3.63, 3.8) is 0 Å². The van der Waals surface area contributed by atoms with E-state index in [2.05, 4.69) is 25.5 Å². The van der Waals surface area contributed by atoms with Gasteiger partial charge < -0.3 is 19.8 Å². The fourth-order valence-electron chi connectivity index (χ4n) is 2.89. The Hall–Kier alpha value is -3.75. The van der Waals surface area contributed by atoms with Gasteiger partial charge in [-0.1, -0.05) is 12.1 Å². The number of aromatic amines is 1. The van der Waals surface area contributed by atoms with Crippen LogP contribution < -0.4 is 20.3 Å². The zero-order valence-electron chi connectivity index (χ0n) is 15.6. The molecule has 1 aromatic carbocycles. The largest absolute Gasteiger partial charge is 0.454 e. The molecule has 0 fully saturated rings. The summed E-state index contributed by atoms with van der Waals surface area (Å²) in [6.45, 7) is 0.551. The molecule has 29 heavy (non-hydrogen) atoms. The van der Waals surface area contributed by atoms with Gasteiger partial charge in [0.15, 0.2) is 11.5 Å². The third kappa shape index (κ3) is 4.75. The third-order valence-corrected chi connectivity index (χ3v) is 4.40. The fourth-order valence-corrected chi connectivity index (χ4v) is 2.89. The van der Waals surface area contributed by atoms with Crippen molar-refractivity contribution in [2.75, 3.05) is 6.79 Å². The first kappa shape index (κ1) is 18.6. The number of nitrogens with one attached hydrogen (secondary N) is 2. The highest BCUT2D eigenvalue weighted by Gasteiger charge is 2.14. The molecule has 1 amide bonds. The molecular weight excluding hydrogens is 374 g/mol. The molecule has 0 spiro atoms. The van der Waals surface area contributed by atoms with Gasteiger partial charge >= 0.3 is 0 Å². The van der Waals surface area contributed by atoms with Crippen molar-refractivity contribution in [2.24, 2.45) is 0 Å². The maximum absolute atomic E-state index is 12.3. The molecule has 0 saturated heterocycles. The predicted molar refractivity (Wildman–Crippen MR) is 102 cm³/mol. The number of H-pyrrole nitrogens is 1. The van der Waals surface area contributed by atoms with Gasteiger partial charge in [0.05, 0.1) is 12.2 Å². The zero-order chi connectivity index (χ0) is 20.1. The Morgan fingerprint density at radius 3 is 2.86 bits per heavy atom. The number of aryl methyl sites for hydroxylation is 1. The smallest absolute Gasteiger partial charge is 0.272 e. The number of aromatic nitrogens is 4. The summed E-state index contributed by atoms with van der Waals surface area (Å²) >= 11 is 0. The van der Waals surface area contributed by atoms with Gasteiger partial charge in [-0.25, -0.2) is 0 Å². The van der Waals surface area contributed by atoms with Gasteiger partial charge in [0.1, 0.15) is 11.5 Å². The molecule has 0 bridgehead atoms. The molecule has 0 saturated carbocycles. The lowest BCUT2D eigenvalue weighted by atomic mass is 10.1. The zero-order valence-corrected chi connectivity index (χ0v) is 15.6. The first-order valence-corrected chi connectivity index (χ1v) is 9.17. The SMILES string of the molecule is O=C(CCc1nnc(Cc2ccc3c(c2)OCO3)[nH]c1=O)NCc1ccccn1. The average Bonchev–Trinajstić information content (AvgIpc) is 3.20. The van der Waals surface area contributed by atoms with E-state index in [1.54, 1.807) is 6.20 Å². The first-order valence-electron chi connectivity index (χ1n) is 9.17. The van der Waals surface area contributed by atoms with E-state index in [4.69, 9.17) is 9.47 Å². The van der Waals surface area contributed by atoms with Crippen molar-refractivity contribution >= 4 is 5.91 Å². The lowest BCUT2D eigenvalue weighted by Crippen LogP contribution is -2.26. The van der Waals surface area contributed by atoms with Crippen molar-refractivity contribution in [1.82, 2.24) is 25.5 Å². The maximum atomic E-state index is 12.3. The van der Waals surface area contributed by atoms with Crippen LogP contribution in [0.25, 0.3) is 0 Å². The number of fused-ring (bicyclic) bond motifs is 1. The summed E-state index contributed by atoms with van der Waals surface area (Å²) in [5, 5.41) is 10.8. The minimum Gasteiger partial charge on any atom is -0.454 e. The second-order valence-corrected chi connectivity index (χ2v) is 6.51. The van der Waals surface area contributed by atoms with Gasteiger partial charge in [-0.15, -0.1) is 10.2 Å². The molecule has 9 nitrogen and oxygen atoms in total. The van der Waals surface area contributed by atoms with Crippen molar-refractivity contribution in [3.05, 3.63) is 75.7 Å². The molecule has 0 aliphatic carbocycles. The Morgan fingerprint density at radius 1 is 1.14 bits per heavy atom. The van der Waals surface area contributed by atoms with Crippen LogP contribution in [0.4, 0.5) is 0 Å². The van der Waals surface area contributed by atoms with Gasteiger partial charge in [0.25, 0.3) is 5.56 Å². The monoisotopic (exact) mass is 393 g/mol. The lowest BCUT2D eigenvalue weighted by molar-refractivity contribution is -0.121. The van der Waals surface area contributed by atoms with Crippen molar-refractivity contribution < 1.29 is 14.3 Å². The lowest BCUT2D eigenvalue weighted by Gasteiger charge is -2.05. The number of ether oxygens (including phenoxy) is 2. The minimum atomic E-state index is -0.340. The molecule has 2 aromatic heterocycles. The van der Waals surface area contributed by atoms with E-state index in [-0.39, 0.29) is 36.8 Å². The Labute approximate surface area is 166 Å². The molecule has 0 unspecified atom stereocenters. The van der Waals surface area contributed by atoms with Crippen LogP contribution >= 0.6 is 0 Å². The van der Waals surface area contributed by atoms with Gasteiger partial charge in [-0.05, 0) is 29.8 Å². The van der Waals surface area contributed by atoms with Crippen LogP contribution in [0.3, 0.4) is 0 Å². The summed E-state index contributed by atoms with van der Waals surface area (Å²) < 4.78 is 10.6. The van der Waals surface area contributed by atoms with Crippen LogP contribution in [-0.2, 0) is 24.2 Å². The molecule has 3 aromatic rings. The Kier molecular flexibility index (Phi) is 5.46. The summed E-state index contributed by atoms with van der Waals surface area (Å²) in [7, 11) is 0. The van der Waals surface area contributed by atoms with E-state index >= 15 is 0 Å². The van der Waals surface area contributed by atoms with E-state index < -0.39 is 0 Å². The van der Waals surface area contributed by atoms with Crippen LogP contribution in [0.1, 0.15) is 29.2 Å². The molecule has 3 heterocycles. The second kappa shape index (κ2) is 8.51. The number of carbonyl (C=O) groups is 1. The summed E-state index contributed by atoms with van der Waals surface area (Å²) in [4.78, 5) is 31.1. The molecule has 1 aliphatic heterocycles. The number of hydrogen-bond donors (Lipinski definition) is 2. The molecular formula is C20H19N5O4. The van der Waals surface area contributed by atoms with Crippen molar-refractivity contribution in [2.45, 2.75) is 25.8 Å². The van der Waals surface area contributed by atoms with Gasteiger partial charge in [0.2, 0.25) is 12.7 Å². The quantitative estimate of drug-likeness (QED) is 0.617. The highest BCUT2D eigenvalue weighted by molar-refractivity contribution is 5.76. The highest BCUT2D eigenvalue weighted by Crippen LogP contribution is 2.32. The van der Waals surface area contributed by atoms with Crippen LogP contribution in [0.2, 0.25) is 0 Å². The Balaban J connectivity index is 1.31. The van der Waals surface area contributed by atoms with Crippen LogP contribution in [-0.4, -0.2) is 32.9 Å². The summed E-state index contributed by atoms with van der Waals surface area (Å²) in [6, 6.07) is 11.0. The molecule has 1 aliphatic rings. The Morgan fingerprint density at radius 2 is 2.03 bits per heavy atom. The third-order valence-electron chi connectivity index (χ3n) is 4.40. The summed E-state index contributed by atoms with van der Waals surface area (Å²) in [5.74, 6) is 1.63. The fraction of sp³-hybridized carbons (Fsp3) is 0.250. The predicted octanol–water partition coefficient (Wildman–Crippen LogP) is 1.13. The van der Waals surface area contributed by atoms with E-state index in [1.807, 2.05) is 36.4 Å². The van der Waals surface area contributed by atoms with Gasteiger partial charge in [-0.3, -0.25) is 14.6 Å². The summed E-state index contributed by atoms with van der Waals surface area (Å²) in [6.07, 6.45) is 2.43. The van der Waals surface area contributed by atoms with Gasteiger partial charge in [-0.2, -0.15) is 0 Å². The topological polar surface area (TPSA) is 119 Å². The maximum Gasteiger partial charge on any atom is 0.272 e. The number of hydrogen-bond acceptors (Lipinski definition) is 7. The van der Waals surface area contributed by atoms with Crippen LogP contribution in [0.5, 0.6) is 11.5 Å². The van der Waals surface area contributed by atoms with Crippen LogP contribution in [0, 0.1) is 0 Å². The van der Waals surface area contributed by atoms with E-state index in [1.165, 1.54) is 0 Å². The van der Waals surface area contributed by atoms with E-state index in [9.17, 15) is 9.59 Å². The minimum absolute atomic E-state index is 0.145. The highest BCUT2D eigenvalue weighted by atomic mass is 16.7.